The van der Waals surface area contributed by atoms with Gasteiger partial charge in [0.25, 0.3) is 0 Å². The van der Waals surface area contributed by atoms with E-state index in [1.807, 2.05) is 0 Å². The van der Waals surface area contributed by atoms with Crippen LogP contribution in [-0.4, -0.2) is 66.1 Å². The van der Waals surface area contributed by atoms with E-state index < -0.39 is 0 Å². The highest BCUT2D eigenvalue weighted by atomic mass is 16.6. The van der Waals surface area contributed by atoms with Crippen molar-refractivity contribution >= 4 is 0 Å². The molecule has 0 unspecified atom stereocenters. The first-order chi connectivity index (χ1) is 7.28. The number of ether oxygens (including phenoxy) is 5. The number of methoxy groups -OCH3 is 4. The summed E-state index contributed by atoms with van der Waals surface area (Å²) < 4.78 is 26.7. The largest absolute Gasteiger partial charge is 0.382 e. The molecular formula is C10H20O5. The monoisotopic (exact) mass is 220 g/mol. The van der Waals surface area contributed by atoms with Gasteiger partial charge in [-0.05, 0) is 0 Å². The first-order valence-electron chi connectivity index (χ1n) is 4.97. The quantitative estimate of drug-likeness (QED) is 0.656. The lowest BCUT2D eigenvalue weighted by atomic mass is 10.00. The van der Waals surface area contributed by atoms with Crippen molar-refractivity contribution in [2.24, 2.45) is 0 Å². The average Bonchev–Trinajstić information content (AvgIpc) is 2.28. The Kier molecular flexibility index (Phi) is 5.49. The van der Waals surface area contributed by atoms with Crippen molar-refractivity contribution in [2.45, 2.75) is 24.4 Å². The second kappa shape index (κ2) is 6.40. The molecule has 1 aliphatic heterocycles. The molecule has 0 saturated carbocycles. The highest BCUT2D eigenvalue weighted by Gasteiger charge is 2.41. The topological polar surface area (TPSA) is 46.2 Å². The fourth-order valence-corrected chi connectivity index (χ4v) is 1.91. The lowest BCUT2D eigenvalue weighted by Gasteiger charge is -2.40. The third kappa shape index (κ3) is 2.89. The van der Waals surface area contributed by atoms with Gasteiger partial charge in [0.15, 0.2) is 0 Å². The summed E-state index contributed by atoms with van der Waals surface area (Å²) in [6.07, 6.45) is -0.466. The zero-order chi connectivity index (χ0) is 11.3. The molecule has 0 aromatic heterocycles. The van der Waals surface area contributed by atoms with E-state index in [-0.39, 0.29) is 24.4 Å². The molecule has 1 rings (SSSR count). The Balaban J connectivity index is 2.65. The Bertz CT molecular complexity index is 175. The maximum Gasteiger partial charge on any atom is 0.114 e. The van der Waals surface area contributed by atoms with Crippen LogP contribution in [0.5, 0.6) is 0 Å². The third-order valence-corrected chi connectivity index (χ3v) is 2.71. The number of hydrogen-bond donors (Lipinski definition) is 0. The maximum atomic E-state index is 5.60. The molecular weight excluding hydrogens is 200 g/mol. The normalized spacial score (nSPS) is 36.8. The van der Waals surface area contributed by atoms with Gasteiger partial charge in [-0.1, -0.05) is 0 Å². The summed E-state index contributed by atoms with van der Waals surface area (Å²) >= 11 is 0. The van der Waals surface area contributed by atoms with Gasteiger partial charge in [0.1, 0.15) is 24.4 Å². The summed E-state index contributed by atoms with van der Waals surface area (Å²) in [6, 6.07) is 0. The van der Waals surface area contributed by atoms with Gasteiger partial charge >= 0.3 is 0 Å². The Labute approximate surface area is 90.6 Å². The SMILES string of the molecule is COC[C@@H]1OC[C@@H](OC)[C@@H](OC)[C@H]1OC. The van der Waals surface area contributed by atoms with Crippen molar-refractivity contribution in [3.8, 4) is 0 Å². The van der Waals surface area contributed by atoms with Gasteiger partial charge in [-0.2, -0.15) is 0 Å². The average molecular weight is 220 g/mol. The van der Waals surface area contributed by atoms with Crippen LogP contribution in [0, 0.1) is 0 Å². The van der Waals surface area contributed by atoms with E-state index in [1.54, 1.807) is 28.4 Å². The molecule has 1 heterocycles. The second-order valence-corrected chi connectivity index (χ2v) is 3.50. The molecule has 0 spiro atoms. The van der Waals surface area contributed by atoms with E-state index in [0.717, 1.165) is 0 Å². The predicted octanol–water partition coefficient (Wildman–Crippen LogP) is 0.0766. The minimum absolute atomic E-state index is 0.0898. The van der Waals surface area contributed by atoms with Crippen LogP contribution in [0.2, 0.25) is 0 Å². The van der Waals surface area contributed by atoms with Gasteiger partial charge in [0, 0.05) is 28.4 Å². The molecule has 0 bridgehead atoms. The van der Waals surface area contributed by atoms with Crippen molar-refractivity contribution in [1.29, 1.82) is 0 Å². The Hall–Kier alpha value is -0.200. The van der Waals surface area contributed by atoms with Crippen LogP contribution in [0.1, 0.15) is 0 Å². The molecule has 5 nitrogen and oxygen atoms in total. The highest BCUT2D eigenvalue weighted by Crippen LogP contribution is 2.22. The summed E-state index contributed by atoms with van der Waals surface area (Å²) in [6.45, 7) is 0.998. The zero-order valence-corrected chi connectivity index (χ0v) is 9.76. The molecule has 90 valence electrons. The number of hydrogen-bond acceptors (Lipinski definition) is 5. The molecule has 0 aromatic rings. The first kappa shape index (κ1) is 12.9. The van der Waals surface area contributed by atoms with Gasteiger partial charge < -0.3 is 23.7 Å². The highest BCUT2D eigenvalue weighted by molar-refractivity contribution is 4.89. The van der Waals surface area contributed by atoms with E-state index in [9.17, 15) is 0 Å². The van der Waals surface area contributed by atoms with Crippen molar-refractivity contribution in [3.05, 3.63) is 0 Å². The Morgan fingerprint density at radius 2 is 1.67 bits per heavy atom. The first-order valence-corrected chi connectivity index (χ1v) is 4.97. The minimum Gasteiger partial charge on any atom is -0.382 e. The van der Waals surface area contributed by atoms with Crippen LogP contribution in [0.25, 0.3) is 0 Å². The molecule has 15 heavy (non-hydrogen) atoms. The van der Waals surface area contributed by atoms with Gasteiger partial charge in [-0.15, -0.1) is 0 Å². The molecule has 0 aliphatic carbocycles. The molecule has 1 saturated heterocycles. The lowest BCUT2D eigenvalue weighted by Crippen LogP contribution is -2.56. The standard InChI is InChI=1S/C10H20O5/c1-11-5-8-10(14-4)9(13-3)7(12-2)6-15-8/h7-10H,5-6H2,1-4H3/t7-,8+,9-,10+/m1/s1. The predicted molar refractivity (Wildman–Crippen MR) is 54.0 cm³/mol. The van der Waals surface area contributed by atoms with Crippen molar-refractivity contribution < 1.29 is 23.7 Å². The van der Waals surface area contributed by atoms with Gasteiger partial charge in [0.05, 0.1) is 13.2 Å². The maximum absolute atomic E-state index is 5.60. The fraction of sp³-hybridized carbons (Fsp3) is 1.00. The molecule has 0 radical (unpaired) electrons. The van der Waals surface area contributed by atoms with E-state index in [4.69, 9.17) is 23.7 Å². The molecule has 0 N–H and O–H groups in total. The van der Waals surface area contributed by atoms with Crippen LogP contribution in [0.15, 0.2) is 0 Å². The van der Waals surface area contributed by atoms with Crippen LogP contribution in [0.3, 0.4) is 0 Å². The number of rotatable bonds is 5. The summed E-state index contributed by atoms with van der Waals surface area (Å²) in [4.78, 5) is 0. The second-order valence-electron chi connectivity index (χ2n) is 3.50. The van der Waals surface area contributed by atoms with Gasteiger partial charge in [-0.3, -0.25) is 0 Å². The van der Waals surface area contributed by atoms with E-state index in [1.165, 1.54) is 0 Å². The molecule has 0 amide bonds. The van der Waals surface area contributed by atoms with E-state index >= 15 is 0 Å². The van der Waals surface area contributed by atoms with Crippen LogP contribution in [-0.2, 0) is 23.7 Å². The Morgan fingerprint density at radius 1 is 1.00 bits per heavy atom. The molecule has 0 aromatic carbocycles. The van der Waals surface area contributed by atoms with Crippen LogP contribution < -0.4 is 0 Å². The van der Waals surface area contributed by atoms with Gasteiger partial charge in [0.2, 0.25) is 0 Å². The van der Waals surface area contributed by atoms with E-state index in [2.05, 4.69) is 0 Å². The summed E-state index contributed by atoms with van der Waals surface area (Å²) in [7, 11) is 6.57. The van der Waals surface area contributed by atoms with Gasteiger partial charge in [-0.25, -0.2) is 0 Å². The summed E-state index contributed by atoms with van der Waals surface area (Å²) in [5.74, 6) is 0. The summed E-state index contributed by atoms with van der Waals surface area (Å²) in [5.41, 5.74) is 0. The smallest absolute Gasteiger partial charge is 0.114 e. The minimum atomic E-state index is -0.159. The fourth-order valence-electron chi connectivity index (χ4n) is 1.91. The third-order valence-electron chi connectivity index (χ3n) is 2.71. The van der Waals surface area contributed by atoms with Crippen molar-refractivity contribution in [3.63, 3.8) is 0 Å². The molecule has 4 atom stereocenters. The Morgan fingerprint density at radius 3 is 2.13 bits per heavy atom. The summed E-state index contributed by atoms with van der Waals surface area (Å²) in [5, 5.41) is 0. The van der Waals surface area contributed by atoms with Crippen molar-refractivity contribution in [1.82, 2.24) is 0 Å². The lowest BCUT2D eigenvalue weighted by molar-refractivity contribution is -0.219. The van der Waals surface area contributed by atoms with E-state index in [0.29, 0.717) is 13.2 Å². The van der Waals surface area contributed by atoms with Crippen LogP contribution in [0.4, 0.5) is 0 Å². The molecule has 5 heteroatoms. The molecule has 1 aliphatic rings. The van der Waals surface area contributed by atoms with Crippen LogP contribution >= 0.6 is 0 Å². The zero-order valence-electron chi connectivity index (χ0n) is 9.76. The molecule has 1 fully saturated rings. The van der Waals surface area contributed by atoms with Crippen molar-refractivity contribution in [2.75, 3.05) is 41.7 Å².